The molecule has 1 saturated heterocycles. The maximum Gasteiger partial charge on any atom is 0.217 e. The highest BCUT2D eigenvalue weighted by molar-refractivity contribution is 9.10. The summed E-state index contributed by atoms with van der Waals surface area (Å²) >= 11 is 3.66. The average molecular weight is 709 g/mol. The van der Waals surface area contributed by atoms with Gasteiger partial charge in [0.25, 0.3) is 0 Å². The van der Waals surface area contributed by atoms with E-state index in [1.54, 1.807) is 7.11 Å². The van der Waals surface area contributed by atoms with Crippen LogP contribution in [-0.2, 0) is 10.3 Å². The number of benzene rings is 4. The molecule has 40 heavy (non-hydrogen) atoms. The normalized spacial score (nSPS) is 21.6. The first-order valence-corrected chi connectivity index (χ1v) is 14.4. The van der Waals surface area contributed by atoms with Crippen molar-refractivity contribution in [2.24, 2.45) is 0 Å². The molecule has 4 aromatic carbocycles. The van der Waals surface area contributed by atoms with Gasteiger partial charge >= 0.3 is 0 Å². The number of rotatable bonds is 6. The number of hydrogen-bond acceptors (Lipinski definition) is 3. The van der Waals surface area contributed by atoms with Gasteiger partial charge in [-0.25, -0.2) is 4.98 Å². The number of hydrogen-bond donors (Lipinski definition) is 0. The molecular formula is C34H34BrIN2O2. The summed E-state index contributed by atoms with van der Waals surface area (Å²) in [6, 6.07) is 34.4. The molecule has 5 aromatic rings. The molecule has 206 valence electrons. The zero-order chi connectivity index (χ0) is 27.0. The van der Waals surface area contributed by atoms with E-state index in [4.69, 9.17) is 14.5 Å². The number of ether oxygens (including phenoxy) is 2. The van der Waals surface area contributed by atoms with E-state index in [2.05, 4.69) is 115 Å². The fourth-order valence-corrected chi connectivity index (χ4v) is 6.52. The van der Waals surface area contributed by atoms with Crippen molar-refractivity contribution in [2.45, 2.75) is 24.9 Å². The Morgan fingerprint density at radius 1 is 0.950 bits per heavy atom. The molecule has 0 bridgehead atoms. The van der Waals surface area contributed by atoms with E-state index >= 15 is 0 Å². The van der Waals surface area contributed by atoms with Gasteiger partial charge in [0.05, 0.1) is 32.8 Å². The Bertz CT molecular complexity index is 1630. The molecule has 0 N–H and O–H groups in total. The van der Waals surface area contributed by atoms with E-state index in [-0.39, 0.29) is 29.9 Å². The number of methoxy groups -OCH3 is 1. The summed E-state index contributed by atoms with van der Waals surface area (Å²) in [6.45, 7) is 4.92. The lowest BCUT2D eigenvalue weighted by atomic mass is 9.70. The summed E-state index contributed by atoms with van der Waals surface area (Å²) in [5.74, 6) is 0.501. The summed E-state index contributed by atoms with van der Waals surface area (Å²) < 4.78 is 15.2. The van der Waals surface area contributed by atoms with Crippen molar-refractivity contribution >= 4 is 37.6 Å². The van der Waals surface area contributed by atoms with Crippen molar-refractivity contribution in [2.75, 3.05) is 34.0 Å². The van der Waals surface area contributed by atoms with Gasteiger partial charge in [-0.05, 0) is 53.1 Å². The average Bonchev–Trinajstić information content (AvgIpc) is 2.98. The predicted molar refractivity (Wildman–Crippen MR) is 162 cm³/mol. The van der Waals surface area contributed by atoms with Gasteiger partial charge in [-0.2, -0.15) is 0 Å². The fourth-order valence-electron chi connectivity index (χ4n) is 6.14. The zero-order valence-corrected chi connectivity index (χ0v) is 26.9. The van der Waals surface area contributed by atoms with Gasteiger partial charge in [0.1, 0.15) is 5.60 Å². The van der Waals surface area contributed by atoms with E-state index in [0.29, 0.717) is 12.6 Å². The Balaban J connectivity index is 0.00000323. The lowest BCUT2D eigenvalue weighted by molar-refractivity contribution is -0.938. The molecule has 1 aromatic heterocycles. The highest BCUT2D eigenvalue weighted by Crippen LogP contribution is 2.53. The van der Waals surface area contributed by atoms with Crippen molar-refractivity contribution in [3.05, 3.63) is 118 Å². The Labute approximate surface area is 262 Å². The lowest BCUT2D eigenvalue weighted by Crippen LogP contribution is -3.00. The third kappa shape index (κ3) is 5.15. The maximum absolute atomic E-state index is 7.25. The largest absolute Gasteiger partial charge is 1.00 e. The summed E-state index contributed by atoms with van der Waals surface area (Å²) in [5, 5.41) is 3.51. The van der Waals surface area contributed by atoms with Crippen LogP contribution in [0.25, 0.3) is 21.7 Å². The van der Waals surface area contributed by atoms with Crippen LogP contribution in [0.15, 0.2) is 102 Å². The quantitative estimate of drug-likeness (QED) is 0.183. The first kappa shape index (κ1) is 29.0. The summed E-state index contributed by atoms with van der Waals surface area (Å²) in [6.07, 6.45) is 0.866. The topological polar surface area (TPSA) is 31.4 Å². The molecule has 0 saturated carbocycles. The van der Waals surface area contributed by atoms with Crippen molar-refractivity contribution in [1.82, 2.24) is 4.98 Å². The number of nitrogens with zero attached hydrogens (tertiary/aromatic N) is 2. The van der Waals surface area contributed by atoms with Crippen molar-refractivity contribution in [3.63, 3.8) is 0 Å². The minimum absolute atomic E-state index is 0. The van der Waals surface area contributed by atoms with E-state index in [1.165, 1.54) is 21.9 Å². The van der Waals surface area contributed by atoms with Crippen LogP contribution in [0.1, 0.15) is 36.0 Å². The molecule has 1 aliphatic rings. The molecule has 6 heteroatoms. The monoisotopic (exact) mass is 708 g/mol. The molecule has 0 spiro atoms. The molecule has 0 aliphatic carbocycles. The first-order valence-electron chi connectivity index (χ1n) is 13.6. The Kier molecular flexibility index (Phi) is 8.53. The zero-order valence-electron chi connectivity index (χ0n) is 23.1. The summed E-state index contributed by atoms with van der Waals surface area (Å²) in [5.41, 5.74) is 3.73. The molecule has 2 heterocycles. The van der Waals surface area contributed by atoms with Gasteiger partial charge < -0.3 is 37.9 Å². The second-order valence-corrected chi connectivity index (χ2v) is 11.8. The molecule has 1 fully saturated rings. The van der Waals surface area contributed by atoms with Crippen molar-refractivity contribution in [3.8, 4) is 5.88 Å². The van der Waals surface area contributed by atoms with E-state index in [1.807, 2.05) is 12.1 Å². The fraction of sp³-hybridized carbons (Fsp3) is 0.265. The molecule has 6 rings (SSSR count). The number of aromatic nitrogens is 1. The van der Waals surface area contributed by atoms with Gasteiger partial charge in [-0.3, -0.25) is 0 Å². The van der Waals surface area contributed by atoms with Crippen molar-refractivity contribution in [1.29, 1.82) is 0 Å². The second-order valence-electron chi connectivity index (χ2n) is 10.9. The van der Waals surface area contributed by atoms with Crippen LogP contribution in [0.2, 0.25) is 0 Å². The minimum Gasteiger partial charge on any atom is -1.00 e. The van der Waals surface area contributed by atoms with E-state index < -0.39 is 5.60 Å². The van der Waals surface area contributed by atoms with Gasteiger partial charge in [-0.1, -0.05) is 88.7 Å². The maximum atomic E-state index is 7.25. The van der Waals surface area contributed by atoms with Crippen LogP contribution in [0.3, 0.4) is 0 Å². The minimum atomic E-state index is -0.621. The van der Waals surface area contributed by atoms with Gasteiger partial charge in [0, 0.05) is 27.8 Å². The van der Waals surface area contributed by atoms with Gasteiger partial charge in [0.15, 0.2) is 6.73 Å². The van der Waals surface area contributed by atoms with Crippen LogP contribution >= 0.6 is 15.9 Å². The van der Waals surface area contributed by atoms with Gasteiger partial charge in [0.2, 0.25) is 5.88 Å². The first-order chi connectivity index (χ1) is 19.0. The van der Waals surface area contributed by atoms with E-state index in [9.17, 15) is 0 Å². The van der Waals surface area contributed by atoms with Crippen LogP contribution < -0.4 is 28.7 Å². The summed E-state index contributed by atoms with van der Waals surface area (Å²) in [7, 11) is 4.01. The molecule has 0 radical (unpaired) electrons. The van der Waals surface area contributed by atoms with Crippen LogP contribution in [-0.4, -0.2) is 43.4 Å². The van der Waals surface area contributed by atoms with Gasteiger partial charge in [-0.15, -0.1) is 0 Å². The molecule has 3 atom stereocenters. The number of pyridine rings is 1. The molecule has 0 amide bonds. The smallest absolute Gasteiger partial charge is 0.217 e. The Morgan fingerprint density at radius 2 is 1.70 bits per heavy atom. The van der Waals surface area contributed by atoms with E-state index in [0.717, 1.165) is 44.9 Å². The lowest BCUT2D eigenvalue weighted by Gasteiger charge is -2.50. The molecule has 4 nitrogen and oxygen atoms in total. The Morgan fingerprint density at radius 3 is 2.42 bits per heavy atom. The van der Waals surface area contributed by atoms with Crippen LogP contribution in [0.4, 0.5) is 0 Å². The van der Waals surface area contributed by atoms with Crippen LogP contribution in [0.5, 0.6) is 5.88 Å². The number of fused-ring (bicyclic) bond motifs is 2. The number of quaternary nitrogens is 1. The highest BCUT2D eigenvalue weighted by atomic mass is 127. The third-order valence-electron chi connectivity index (χ3n) is 8.54. The van der Waals surface area contributed by atoms with Crippen molar-refractivity contribution < 1.29 is 37.9 Å². The molecule has 3 unspecified atom stereocenters. The van der Waals surface area contributed by atoms with Crippen LogP contribution in [0, 0.1) is 0 Å². The third-order valence-corrected chi connectivity index (χ3v) is 9.03. The summed E-state index contributed by atoms with van der Waals surface area (Å²) in [4.78, 5) is 5.01. The highest BCUT2D eigenvalue weighted by Gasteiger charge is 2.51. The Hall–Kier alpha value is -2.52. The SMILES string of the molecule is CC[N+]1(C)CCC(c2cccc3ccccc23)(C(c2ccccc2)c2cc3cc(Br)ccc3nc2OC)OC1.[I-]. The second kappa shape index (κ2) is 11.8. The standard InChI is InChI=1S/C34H34BrN2O2.HI/c1-4-37(2)20-19-34(39-23-37,30-16-10-14-24-11-8-9-15-28(24)30)32(25-12-6-5-7-13-25)29-22-26-21-27(35)17-18-31(26)36-33(29)38-3;/h5-18,21-22,32H,4,19-20,23H2,1-3H3;1H/q+1;/p-1. The molecule has 1 aliphatic heterocycles. The predicted octanol–water partition coefficient (Wildman–Crippen LogP) is 5.03. The molecular weight excluding hydrogens is 675 g/mol. The number of halogens is 2.